The average Bonchev–Trinajstić information content (AvgIpc) is 2.67. The van der Waals surface area contributed by atoms with E-state index in [0.717, 1.165) is 52.0 Å². The summed E-state index contributed by atoms with van der Waals surface area (Å²) in [5, 5.41) is 0. The Morgan fingerprint density at radius 1 is 1.24 bits per heavy atom. The fourth-order valence-electron chi connectivity index (χ4n) is 4.27. The van der Waals surface area contributed by atoms with E-state index in [4.69, 9.17) is 10.5 Å². The highest BCUT2D eigenvalue weighted by atomic mass is 35.5. The molecular weight excluding hydrogens is 336 g/mol. The maximum atomic E-state index is 12.9. The van der Waals surface area contributed by atoms with Crippen LogP contribution in [-0.4, -0.2) is 43.2 Å². The molecule has 3 atom stereocenters. The van der Waals surface area contributed by atoms with Crippen LogP contribution in [0.15, 0.2) is 30.3 Å². The van der Waals surface area contributed by atoms with Crippen molar-refractivity contribution in [2.24, 2.45) is 17.6 Å². The molecular formula is C20H31ClN2O2. The number of piperidine rings is 1. The summed E-state index contributed by atoms with van der Waals surface area (Å²) in [7, 11) is 0. The highest BCUT2D eigenvalue weighted by molar-refractivity contribution is 5.85. The van der Waals surface area contributed by atoms with Gasteiger partial charge in [0.05, 0.1) is 6.04 Å². The summed E-state index contributed by atoms with van der Waals surface area (Å²) in [6.45, 7) is 5.36. The van der Waals surface area contributed by atoms with Gasteiger partial charge in [-0.3, -0.25) is 4.79 Å². The molecule has 140 valence electrons. The van der Waals surface area contributed by atoms with Crippen LogP contribution >= 0.6 is 12.4 Å². The number of nitrogens with two attached hydrogens (primary N) is 1. The van der Waals surface area contributed by atoms with Crippen molar-refractivity contribution in [3.63, 3.8) is 0 Å². The zero-order valence-corrected chi connectivity index (χ0v) is 15.9. The molecule has 1 amide bonds. The first-order valence-electron chi connectivity index (χ1n) is 9.37. The third-order valence-corrected chi connectivity index (χ3v) is 5.86. The largest absolute Gasteiger partial charge is 0.381 e. The molecule has 2 saturated heterocycles. The Hall–Kier alpha value is -1.10. The number of likely N-dealkylation sites (tertiary alicyclic amines) is 1. The standard InChI is InChI=1S/C20H30N2O2.ClH/c1-2-15-14-22(11-8-18(15)16-6-4-3-5-7-16)20(23)19(21)17-9-12-24-13-10-17;/h3-7,15,17-19H,2,8-14,21H2,1H3;1H. The van der Waals surface area contributed by atoms with Crippen molar-refractivity contribution in [3.8, 4) is 0 Å². The van der Waals surface area contributed by atoms with Gasteiger partial charge in [0.2, 0.25) is 5.91 Å². The van der Waals surface area contributed by atoms with Gasteiger partial charge in [0.1, 0.15) is 0 Å². The Labute approximate surface area is 157 Å². The van der Waals surface area contributed by atoms with E-state index in [-0.39, 0.29) is 30.3 Å². The molecule has 0 spiro atoms. The summed E-state index contributed by atoms with van der Waals surface area (Å²) in [5.74, 6) is 1.50. The summed E-state index contributed by atoms with van der Waals surface area (Å²) < 4.78 is 5.39. The van der Waals surface area contributed by atoms with Crippen LogP contribution in [0.4, 0.5) is 0 Å². The van der Waals surface area contributed by atoms with E-state index in [0.29, 0.717) is 11.8 Å². The molecule has 2 aliphatic heterocycles. The van der Waals surface area contributed by atoms with Gasteiger partial charge in [-0.15, -0.1) is 12.4 Å². The number of carbonyl (C=O) groups is 1. The summed E-state index contributed by atoms with van der Waals surface area (Å²) in [4.78, 5) is 14.9. The highest BCUT2D eigenvalue weighted by Crippen LogP contribution is 2.35. The quantitative estimate of drug-likeness (QED) is 0.890. The number of amides is 1. The van der Waals surface area contributed by atoms with Crippen LogP contribution in [0.5, 0.6) is 0 Å². The zero-order chi connectivity index (χ0) is 16.9. The van der Waals surface area contributed by atoms with E-state index in [1.807, 2.05) is 4.90 Å². The van der Waals surface area contributed by atoms with Crippen LogP contribution < -0.4 is 5.73 Å². The molecule has 5 heteroatoms. The number of hydrogen-bond acceptors (Lipinski definition) is 3. The minimum atomic E-state index is -0.361. The minimum Gasteiger partial charge on any atom is -0.381 e. The summed E-state index contributed by atoms with van der Waals surface area (Å²) in [6.07, 6.45) is 3.94. The molecule has 0 aliphatic carbocycles. The van der Waals surface area contributed by atoms with Gasteiger partial charge in [-0.1, -0.05) is 43.7 Å². The molecule has 25 heavy (non-hydrogen) atoms. The lowest BCUT2D eigenvalue weighted by atomic mass is 9.78. The van der Waals surface area contributed by atoms with Crippen molar-refractivity contribution in [1.82, 2.24) is 4.90 Å². The average molecular weight is 367 g/mol. The van der Waals surface area contributed by atoms with E-state index in [1.165, 1.54) is 5.56 Å². The maximum Gasteiger partial charge on any atom is 0.239 e. The van der Waals surface area contributed by atoms with Gasteiger partial charge in [0, 0.05) is 26.3 Å². The van der Waals surface area contributed by atoms with E-state index in [9.17, 15) is 4.79 Å². The third-order valence-electron chi connectivity index (χ3n) is 5.86. The summed E-state index contributed by atoms with van der Waals surface area (Å²) in [6, 6.07) is 10.4. The number of rotatable bonds is 4. The van der Waals surface area contributed by atoms with Crippen molar-refractivity contribution in [2.75, 3.05) is 26.3 Å². The second-order valence-corrected chi connectivity index (χ2v) is 7.23. The first-order chi connectivity index (χ1) is 11.7. The molecule has 0 radical (unpaired) electrons. The minimum absolute atomic E-state index is 0. The normalized spacial score (nSPS) is 25.9. The number of halogens is 1. The van der Waals surface area contributed by atoms with Crippen molar-refractivity contribution in [1.29, 1.82) is 0 Å². The van der Waals surface area contributed by atoms with Gasteiger partial charge in [-0.05, 0) is 42.6 Å². The van der Waals surface area contributed by atoms with Gasteiger partial charge in [0.25, 0.3) is 0 Å². The predicted octanol–water partition coefficient (Wildman–Crippen LogP) is 3.20. The Morgan fingerprint density at radius 2 is 1.92 bits per heavy atom. The van der Waals surface area contributed by atoms with Gasteiger partial charge >= 0.3 is 0 Å². The lowest BCUT2D eigenvalue weighted by Crippen LogP contribution is -2.52. The van der Waals surface area contributed by atoms with E-state index < -0.39 is 0 Å². The van der Waals surface area contributed by atoms with Crippen molar-refractivity contribution in [2.45, 2.75) is 44.6 Å². The molecule has 0 bridgehead atoms. The molecule has 2 heterocycles. The topological polar surface area (TPSA) is 55.6 Å². The number of ether oxygens (including phenoxy) is 1. The summed E-state index contributed by atoms with van der Waals surface area (Å²) >= 11 is 0. The first-order valence-corrected chi connectivity index (χ1v) is 9.37. The zero-order valence-electron chi connectivity index (χ0n) is 15.1. The molecule has 2 aliphatic rings. The van der Waals surface area contributed by atoms with Gasteiger partial charge < -0.3 is 15.4 Å². The molecule has 1 aromatic rings. The van der Waals surface area contributed by atoms with Crippen LogP contribution in [0, 0.1) is 11.8 Å². The first kappa shape index (κ1) is 20.2. The smallest absolute Gasteiger partial charge is 0.239 e. The molecule has 2 N–H and O–H groups in total. The number of nitrogens with zero attached hydrogens (tertiary/aromatic N) is 1. The van der Waals surface area contributed by atoms with Crippen LogP contribution in [0.1, 0.15) is 44.1 Å². The van der Waals surface area contributed by atoms with Gasteiger partial charge in [-0.2, -0.15) is 0 Å². The predicted molar refractivity (Wildman–Crippen MR) is 103 cm³/mol. The highest BCUT2D eigenvalue weighted by Gasteiger charge is 2.35. The molecule has 0 saturated carbocycles. The van der Waals surface area contributed by atoms with Crippen molar-refractivity contribution < 1.29 is 9.53 Å². The van der Waals surface area contributed by atoms with E-state index in [2.05, 4.69) is 37.3 Å². The van der Waals surface area contributed by atoms with Crippen LogP contribution in [-0.2, 0) is 9.53 Å². The number of benzene rings is 1. The fraction of sp³-hybridized carbons (Fsp3) is 0.650. The third kappa shape index (κ3) is 4.75. The molecule has 2 fully saturated rings. The van der Waals surface area contributed by atoms with E-state index >= 15 is 0 Å². The fourth-order valence-corrected chi connectivity index (χ4v) is 4.27. The molecule has 3 unspecified atom stereocenters. The second kappa shape index (κ2) is 9.56. The Morgan fingerprint density at radius 3 is 2.56 bits per heavy atom. The summed E-state index contributed by atoms with van der Waals surface area (Å²) in [5.41, 5.74) is 7.72. The maximum absolute atomic E-state index is 12.9. The molecule has 4 nitrogen and oxygen atoms in total. The molecule has 3 rings (SSSR count). The Bertz CT molecular complexity index is 534. The van der Waals surface area contributed by atoms with Crippen LogP contribution in [0.25, 0.3) is 0 Å². The number of carbonyl (C=O) groups excluding carboxylic acids is 1. The van der Waals surface area contributed by atoms with Crippen LogP contribution in [0.2, 0.25) is 0 Å². The van der Waals surface area contributed by atoms with Gasteiger partial charge in [0.15, 0.2) is 0 Å². The van der Waals surface area contributed by atoms with Crippen molar-refractivity contribution in [3.05, 3.63) is 35.9 Å². The molecule has 0 aromatic heterocycles. The Balaban J connectivity index is 0.00000225. The second-order valence-electron chi connectivity index (χ2n) is 7.23. The lowest BCUT2D eigenvalue weighted by Gasteiger charge is -2.40. The number of hydrogen-bond donors (Lipinski definition) is 1. The molecule has 1 aromatic carbocycles. The van der Waals surface area contributed by atoms with Crippen LogP contribution in [0.3, 0.4) is 0 Å². The Kier molecular flexibility index (Phi) is 7.73. The van der Waals surface area contributed by atoms with Crippen molar-refractivity contribution >= 4 is 18.3 Å². The monoisotopic (exact) mass is 366 g/mol. The SMILES string of the molecule is CCC1CN(C(=O)C(N)C2CCOCC2)CCC1c1ccccc1.Cl. The van der Waals surface area contributed by atoms with Gasteiger partial charge in [-0.25, -0.2) is 0 Å². The van der Waals surface area contributed by atoms with E-state index in [1.54, 1.807) is 0 Å². The lowest BCUT2D eigenvalue weighted by molar-refractivity contribution is -0.136.